The summed E-state index contributed by atoms with van der Waals surface area (Å²) in [5.41, 5.74) is 1.26. The summed E-state index contributed by atoms with van der Waals surface area (Å²) in [6.45, 7) is 0. The monoisotopic (exact) mass is 481 g/mol. The molecule has 3 aromatic rings. The van der Waals surface area contributed by atoms with Crippen LogP contribution in [0.1, 0.15) is 33.6 Å². The van der Waals surface area contributed by atoms with Gasteiger partial charge in [0.25, 0.3) is 5.91 Å². The number of rotatable bonds is 7. The molecule has 2 aromatic carbocycles. The average molecular weight is 482 g/mol. The van der Waals surface area contributed by atoms with Crippen LogP contribution in [0.3, 0.4) is 0 Å². The first kappa shape index (κ1) is 21.3. The topological polar surface area (TPSA) is 88.2 Å². The fourth-order valence-corrected chi connectivity index (χ4v) is 5.35. The van der Waals surface area contributed by atoms with Crippen LogP contribution < -0.4 is 10.0 Å². The zero-order chi connectivity index (χ0) is 21.3. The Morgan fingerprint density at radius 2 is 1.87 bits per heavy atom. The van der Waals surface area contributed by atoms with Gasteiger partial charge in [-0.25, -0.2) is 18.1 Å². The molecule has 1 saturated carbocycles. The third-order valence-electron chi connectivity index (χ3n) is 4.48. The van der Waals surface area contributed by atoms with Crippen LogP contribution in [0.5, 0.6) is 0 Å². The van der Waals surface area contributed by atoms with Gasteiger partial charge >= 0.3 is 0 Å². The molecule has 0 spiro atoms. The predicted molar refractivity (Wildman–Crippen MR) is 119 cm³/mol. The highest BCUT2D eigenvalue weighted by Gasteiger charge is 2.28. The quantitative estimate of drug-likeness (QED) is 0.510. The second kappa shape index (κ2) is 8.64. The van der Waals surface area contributed by atoms with Crippen molar-refractivity contribution in [2.24, 2.45) is 0 Å². The molecule has 2 N–H and O–H groups in total. The third kappa shape index (κ3) is 5.19. The van der Waals surface area contributed by atoms with Crippen molar-refractivity contribution >= 4 is 55.6 Å². The van der Waals surface area contributed by atoms with Gasteiger partial charge in [-0.05, 0) is 54.8 Å². The lowest BCUT2D eigenvalue weighted by atomic mass is 10.1. The molecule has 1 amide bonds. The van der Waals surface area contributed by atoms with Gasteiger partial charge in [-0.3, -0.25) is 10.1 Å². The van der Waals surface area contributed by atoms with Gasteiger partial charge in [-0.1, -0.05) is 29.3 Å². The molecule has 4 rings (SSSR count). The summed E-state index contributed by atoms with van der Waals surface area (Å²) >= 11 is 13.5. The van der Waals surface area contributed by atoms with Crippen molar-refractivity contribution in [3.63, 3.8) is 0 Å². The van der Waals surface area contributed by atoms with Crippen LogP contribution in [0.15, 0.2) is 53.6 Å². The first-order chi connectivity index (χ1) is 14.3. The summed E-state index contributed by atoms with van der Waals surface area (Å²) in [5, 5.41) is 4.34. The molecule has 10 heteroatoms. The van der Waals surface area contributed by atoms with E-state index in [2.05, 4.69) is 15.0 Å². The van der Waals surface area contributed by atoms with Crippen LogP contribution in [-0.2, 0) is 16.4 Å². The van der Waals surface area contributed by atoms with Gasteiger partial charge in [0.15, 0.2) is 5.13 Å². The molecule has 0 radical (unpaired) electrons. The lowest BCUT2D eigenvalue weighted by Gasteiger charge is -2.06. The van der Waals surface area contributed by atoms with E-state index in [0.717, 1.165) is 23.3 Å². The molecule has 0 unspecified atom stereocenters. The number of sulfonamides is 1. The van der Waals surface area contributed by atoms with Gasteiger partial charge in [-0.15, -0.1) is 11.3 Å². The molecule has 1 aliphatic rings. The number of anilines is 1. The third-order valence-corrected chi connectivity index (χ3v) is 7.52. The molecule has 0 saturated heterocycles. The molecule has 0 atom stereocenters. The molecule has 1 aromatic heterocycles. The van der Waals surface area contributed by atoms with Crippen molar-refractivity contribution in [1.82, 2.24) is 9.71 Å². The Kier molecular flexibility index (Phi) is 6.13. The standard InChI is InChI=1S/C20H17Cl2N3O3S2/c21-14-4-1-13(18(22)10-14)9-16-11-23-20(29-16)24-19(26)12-2-7-17(8-3-12)30(27,28)25-15-5-6-15/h1-4,7-8,10-11,15,25H,5-6,9H2,(H,23,24,26). The van der Waals surface area contributed by atoms with Crippen LogP contribution in [0.25, 0.3) is 0 Å². The number of nitrogens with one attached hydrogen (secondary N) is 2. The van der Waals surface area contributed by atoms with Crippen molar-refractivity contribution in [1.29, 1.82) is 0 Å². The second-order valence-corrected chi connectivity index (χ2v) is 10.6. The molecule has 30 heavy (non-hydrogen) atoms. The van der Waals surface area contributed by atoms with Crippen LogP contribution in [-0.4, -0.2) is 25.4 Å². The molecule has 1 fully saturated rings. The zero-order valence-corrected chi connectivity index (χ0v) is 18.7. The van der Waals surface area contributed by atoms with Crippen LogP contribution in [0, 0.1) is 0 Å². The fourth-order valence-electron chi connectivity index (χ4n) is 2.74. The molecular formula is C20H17Cl2N3O3S2. The van der Waals surface area contributed by atoms with E-state index in [4.69, 9.17) is 23.2 Å². The number of amides is 1. The number of carbonyl (C=O) groups excluding carboxylic acids is 1. The highest BCUT2D eigenvalue weighted by atomic mass is 35.5. The zero-order valence-electron chi connectivity index (χ0n) is 15.6. The smallest absolute Gasteiger partial charge is 0.257 e. The number of carbonyl (C=O) groups is 1. The normalized spacial score (nSPS) is 13.9. The predicted octanol–water partition coefficient (Wildman–Crippen LogP) is 4.73. The minimum Gasteiger partial charge on any atom is -0.298 e. The Hall–Kier alpha value is -1.97. The molecule has 1 aliphatic carbocycles. The highest BCUT2D eigenvalue weighted by molar-refractivity contribution is 7.89. The van der Waals surface area contributed by atoms with Gasteiger partial charge in [0.2, 0.25) is 10.0 Å². The molecule has 0 bridgehead atoms. The summed E-state index contributed by atoms with van der Waals surface area (Å²) in [6.07, 6.45) is 3.98. The van der Waals surface area contributed by atoms with E-state index >= 15 is 0 Å². The number of hydrogen-bond acceptors (Lipinski definition) is 5. The highest BCUT2D eigenvalue weighted by Crippen LogP contribution is 2.27. The van der Waals surface area contributed by atoms with Crippen molar-refractivity contribution in [2.75, 3.05) is 5.32 Å². The van der Waals surface area contributed by atoms with Crippen molar-refractivity contribution in [3.8, 4) is 0 Å². The summed E-state index contributed by atoms with van der Waals surface area (Å²) in [7, 11) is -3.54. The molecule has 156 valence electrons. The minimum atomic E-state index is -3.54. The summed E-state index contributed by atoms with van der Waals surface area (Å²) in [5.74, 6) is -0.362. The van der Waals surface area contributed by atoms with Gasteiger partial charge < -0.3 is 0 Å². The average Bonchev–Trinajstić information content (AvgIpc) is 3.40. The van der Waals surface area contributed by atoms with Crippen molar-refractivity contribution in [2.45, 2.75) is 30.2 Å². The molecule has 0 aliphatic heterocycles. The number of aromatic nitrogens is 1. The van der Waals surface area contributed by atoms with Crippen molar-refractivity contribution in [3.05, 3.63) is 74.7 Å². The Balaban J connectivity index is 1.40. The number of benzene rings is 2. The largest absolute Gasteiger partial charge is 0.298 e. The number of thiazole rings is 1. The van der Waals surface area contributed by atoms with E-state index in [0.29, 0.717) is 27.2 Å². The number of hydrogen-bond donors (Lipinski definition) is 2. The fraction of sp³-hybridized carbons (Fsp3) is 0.200. The maximum absolute atomic E-state index is 12.5. The number of halogens is 2. The van der Waals surface area contributed by atoms with E-state index in [-0.39, 0.29) is 16.8 Å². The van der Waals surface area contributed by atoms with E-state index in [1.807, 2.05) is 6.07 Å². The van der Waals surface area contributed by atoms with Crippen LogP contribution in [0.2, 0.25) is 10.0 Å². The number of nitrogens with zero attached hydrogens (tertiary/aromatic N) is 1. The van der Waals surface area contributed by atoms with Crippen LogP contribution in [0.4, 0.5) is 5.13 Å². The van der Waals surface area contributed by atoms with E-state index in [1.54, 1.807) is 18.3 Å². The molecule has 1 heterocycles. The van der Waals surface area contributed by atoms with E-state index < -0.39 is 10.0 Å². The van der Waals surface area contributed by atoms with Gasteiger partial charge in [0.1, 0.15) is 0 Å². The van der Waals surface area contributed by atoms with E-state index in [9.17, 15) is 13.2 Å². The Bertz CT molecular complexity index is 1190. The van der Waals surface area contributed by atoms with Gasteiger partial charge in [0.05, 0.1) is 4.90 Å². The van der Waals surface area contributed by atoms with Gasteiger partial charge in [0, 0.05) is 39.1 Å². The summed E-state index contributed by atoms with van der Waals surface area (Å²) in [6, 6.07) is 11.2. The minimum absolute atomic E-state index is 0.0276. The second-order valence-electron chi connectivity index (χ2n) is 6.92. The first-order valence-electron chi connectivity index (χ1n) is 9.12. The maximum atomic E-state index is 12.5. The lowest BCUT2D eigenvalue weighted by Crippen LogP contribution is -2.25. The lowest BCUT2D eigenvalue weighted by molar-refractivity contribution is 0.102. The first-order valence-corrected chi connectivity index (χ1v) is 12.2. The Labute approximate surface area is 188 Å². The maximum Gasteiger partial charge on any atom is 0.257 e. The Morgan fingerprint density at radius 3 is 2.53 bits per heavy atom. The summed E-state index contributed by atoms with van der Waals surface area (Å²) in [4.78, 5) is 17.8. The SMILES string of the molecule is O=C(Nc1ncc(Cc2ccc(Cl)cc2Cl)s1)c1ccc(S(=O)(=O)NC2CC2)cc1. The molecule has 6 nitrogen and oxygen atoms in total. The summed E-state index contributed by atoms with van der Waals surface area (Å²) < 4.78 is 27.0. The van der Waals surface area contributed by atoms with Crippen LogP contribution >= 0.6 is 34.5 Å². The van der Waals surface area contributed by atoms with Gasteiger partial charge in [-0.2, -0.15) is 0 Å². The van der Waals surface area contributed by atoms with E-state index in [1.165, 1.54) is 35.6 Å². The molecular weight excluding hydrogens is 465 g/mol. The Morgan fingerprint density at radius 1 is 1.13 bits per heavy atom. The van der Waals surface area contributed by atoms with Crippen molar-refractivity contribution < 1.29 is 13.2 Å².